The summed E-state index contributed by atoms with van der Waals surface area (Å²) in [4.78, 5) is 9.91. The molecule has 4 rings (SSSR count). The maximum atomic E-state index is 5.37. The Kier molecular flexibility index (Phi) is 8.07. The molecule has 0 atom stereocenters. The highest BCUT2D eigenvalue weighted by Gasteiger charge is 2.24. The minimum absolute atomic E-state index is 0.698. The van der Waals surface area contributed by atoms with Gasteiger partial charge in [-0.15, -0.1) is 0 Å². The van der Waals surface area contributed by atoms with Crippen LogP contribution >= 0.6 is 11.8 Å². The number of anilines is 4. The lowest BCUT2D eigenvalue weighted by molar-refractivity contribution is 0.190. The zero-order chi connectivity index (χ0) is 23.4. The molecule has 0 unspecified atom stereocenters. The fourth-order valence-electron chi connectivity index (χ4n) is 4.58. The fourth-order valence-corrected chi connectivity index (χ4v) is 5.78. The zero-order valence-corrected chi connectivity index (χ0v) is 21.6. The summed E-state index contributed by atoms with van der Waals surface area (Å²) in [5.74, 6) is 0. The molecule has 2 aliphatic heterocycles. The Morgan fingerprint density at radius 1 is 0.939 bits per heavy atom. The number of fused-ring (bicyclic) bond motifs is 2. The number of hydrogen-bond acceptors (Lipinski definition) is 7. The van der Waals surface area contributed by atoms with Gasteiger partial charge in [0.2, 0.25) is 0 Å². The average Bonchev–Trinajstić information content (AvgIpc) is 2.82. The van der Waals surface area contributed by atoms with Crippen LogP contribution in [0, 0.1) is 6.92 Å². The molecule has 1 N–H and O–H groups in total. The van der Waals surface area contributed by atoms with Crippen molar-refractivity contribution in [1.82, 2.24) is 4.90 Å². The minimum Gasteiger partial charge on any atom is -0.383 e. The van der Waals surface area contributed by atoms with E-state index in [4.69, 9.17) is 9.47 Å². The van der Waals surface area contributed by atoms with Crippen LogP contribution in [-0.2, 0) is 15.9 Å². The van der Waals surface area contributed by atoms with Crippen LogP contribution in [-0.4, -0.2) is 78.6 Å². The molecule has 2 aromatic carbocycles. The average molecular weight is 471 g/mol. The summed E-state index contributed by atoms with van der Waals surface area (Å²) >= 11 is 1.90. The normalized spacial score (nSPS) is 15.7. The van der Waals surface area contributed by atoms with E-state index in [2.05, 4.69) is 65.2 Å². The van der Waals surface area contributed by atoms with Crippen molar-refractivity contribution >= 4 is 34.5 Å². The van der Waals surface area contributed by atoms with Crippen LogP contribution in [0.2, 0.25) is 0 Å². The molecular weight excluding hydrogens is 432 g/mol. The van der Waals surface area contributed by atoms with Crippen molar-refractivity contribution in [2.75, 3.05) is 88.9 Å². The largest absolute Gasteiger partial charge is 0.383 e. The van der Waals surface area contributed by atoms with E-state index in [1.165, 1.54) is 43.7 Å². The molecule has 1 fully saturated rings. The van der Waals surface area contributed by atoms with Gasteiger partial charge in [0.25, 0.3) is 0 Å². The molecule has 0 aromatic heterocycles. The highest BCUT2D eigenvalue weighted by Crippen LogP contribution is 2.49. The van der Waals surface area contributed by atoms with Crippen molar-refractivity contribution in [2.45, 2.75) is 30.1 Å². The standard InChI is InChI=1S/C26H38N4O2S/c1-6-20-16-22(30(11-13-31-4)12-14-32-5)18-24-26(20)27-25-19(2)15-21(17-23(25)33-24)29-9-7-28(3)8-10-29/h15-18,27H,6-14H2,1-5H3. The van der Waals surface area contributed by atoms with E-state index >= 15 is 0 Å². The molecule has 0 bridgehead atoms. The Labute approximate surface area is 203 Å². The molecule has 33 heavy (non-hydrogen) atoms. The molecule has 2 aromatic rings. The van der Waals surface area contributed by atoms with E-state index in [1.807, 2.05) is 11.8 Å². The Balaban J connectivity index is 1.65. The highest BCUT2D eigenvalue weighted by atomic mass is 32.2. The highest BCUT2D eigenvalue weighted by molar-refractivity contribution is 7.99. The number of hydrogen-bond donors (Lipinski definition) is 1. The number of methoxy groups -OCH3 is 2. The monoisotopic (exact) mass is 470 g/mol. The van der Waals surface area contributed by atoms with Gasteiger partial charge >= 0.3 is 0 Å². The van der Waals surface area contributed by atoms with Gasteiger partial charge in [-0.3, -0.25) is 0 Å². The number of aryl methyl sites for hydroxylation is 2. The molecule has 6 nitrogen and oxygen atoms in total. The quantitative estimate of drug-likeness (QED) is 0.489. The number of ether oxygens (including phenoxy) is 2. The van der Waals surface area contributed by atoms with Crippen molar-refractivity contribution in [3.8, 4) is 0 Å². The lowest BCUT2D eigenvalue weighted by Gasteiger charge is -2.35. The van der Waals surface area contributed by atoms with Crippen molar-refractivity contribution in [1.29, 1.82) is 0 Å². The first-order valence-corrected chi connectivity index (χ1v) is 12.8. The topological polar surface area (TPSA) is 40.2 Å². The first-order valence-electron chi connectivity index (χ1n) is 12.0. The summed E-state index contributed by atoms with van der Waals surface area (Å²) in [7, 11) is 5.73. The van der Waals surface area contributed by atoms with Crippen molar-refractivity contribution in [2.24, 2.45) is 0 Å². The molecule has 2 heterocycles. The molecule has 0 saturated carbocycles. The zero-order valence-electron chi connectivity index (χ0n) is 20.7. The van der Waals surface area contributed by atoms with Gasteiger partial charge in [-0.05, 0) is 55.8 Å². The number of rotatable bonds is 9. The Hall–Kier alpha value is -1.93. The van der Waals surface area contributed by atoms with E-state index in [9.17, 15) is 0 Å². The lowest BCUT2D eigenvalue weighted by atomic mass is 10.1. The second-order valence-corrected chi connectivity index (χ2v) is 10.0. The van der Waals surface area contributed by atoms with Gasteiger partial charge < -0.3 is 29.5 Å². The van der Waals surface area contributed by atoms with Gasteiger partial charge in [0.15, 0.2) is 0 Å². The third-order valence-corrected chi connectivity index (χ3v) is 7.75. The van der Waals surface area contributed by atoms with Crippen molar-refractivity contribution in [3.05, 3.63) is 35.4 Å². The summed E-state index contributed by atoms with van der Waals surface area (Å²) in [6.45, 7) is 12.0. The van der Waals surface area contributed by atoms with Crippen LogP contribution in [0.15, 0.2) is 34.1 Å². The van der Waals surface area contributed by atoms with Gasteiger partial charge in [-0.1, -0.05) is 18.7 Å². The molecule has 0 aliphatic carbocycles. The number of benzene rings is 2. The summed E-state index contributed by atoms with van der Waals surface area (Å²) < 4.78 is 10.7. The molecule has 0 amide bonds. The van der Waals surface area contributed by atoms with Crippen LogP contribution in [0.4, 0.5) is 22.7 Å². The molecule has 1 saturated heterocycles. The number of piperazine rings is 1. The van der Waals surface area contributed by atoms with Crippen LogP contribution in [0.1, 0.15) is 18.1 Å². The van der Waals surface area contributed by atoms with E-state index in [-0.39, 0.29) is 0 Å². The SMILES string of the molecule is CCc1cc(N(CCOC)CCOC)cc2c1Nc1c(C)cc(N3CCN(C)CC3)cc1S2. The van der Waals surface area contributed by atoms with E-state index in [0.717, 1.165) is 45.7 Å². The number of nitrogens with zero attached hydrogens (tertiary/aromatic N) is 3. The molecule has 2 aliphatic rings. The molecule has 180 valence electrons. The Morgan fingerprint density at radius 2 is 1.61 bits per heavy atom. The van der Waals surface area contributed by atoms with Crippen LogP contribution in [0.5, 0.6) is 0 Å². The predicted octanol–water partition coefficient (Wildman–Crippen LogP) is 4.62. The Bertz CT molecular complexity index is 952. The van der Waals surface area contributed by atoms with Gasteiger partial charge in [-0.25, -0.2) is 0 Å². The summed E-state index contributed by atoms with van der Waals surface area (Å²) in [6, 6.07) is 9.38. The maximum Gasteiger partial charge on any atom is 0.0637 e. The van der Waals surface area contributed by atoms with Gasteiger partial charge in [-0.2, -0.15) is 0 Å². The maximum absolute atomic E-state index is 5.37. The molecular formula is C26H38N4O2S. The minimum atomic E-state index is 0.698. The number of nitrogens with one attached hydrogen (secondary N) is 1. The van der Waals surface area contributed by atoms with Crippen LogP contribution in [0.25, 0.3) is 0 Å². The third-order valence-electron chi connectivity index (χ3n) is 6.67. The Morgan fingerprint density at radius 3 is 2.24 bits per heavy atom. The van der Waals surface area contributed by atoms with E-state index in [0.29, 0.717) is 13.2 Å². The molecule has 0 spiro atoms. The summed E-state index contributed by atoms with van der Waals surface area (Å²) in [5.41, 5.74) is 7.75. The second kappa shape index (κ2) is 11.0. The first-order chi connectivity index (χ1) is 16.0. The van der Waals surface area contributed by atoms with E-state index in [1.54, 1.807) is 14.2 Å². The van der Waals surface area contributed by atoms with Crippen LogP contribution in [0.3, 0.4) is 0 Å². The molecule has 0 radical (unpaired) electrons. The lowest BCUT2D eigenvalue weighted by Crippen LogP contribution is -2.44. The smallest absolute Gasteiger partial charge is 0.0637 e. The van der Waals surface area contributed by atoms with Gasteiger partial charge in [0.1, 0.15) is 0 Å². The van der Waals surface area contributed by atoms with E-state index < -0.39 is 0 Å². The second-order valence-electron chi connectivity index (χ2n) is 8.96. The molecule has 7 heteroatoms. The summed E-state index contributed by atoms with van der Waals surface area (Å²) in [5, 5.41) is 3.80. The predicted molar refractivity (Wildman–Crippen MR) is 140 cm³/mol. The fraction of sp³-hybridized carbons (Fsp3) is 0.538. The van der Waals surface area contributed by atoms with Crippen LogP contribution < -0.4 is 15.1 Å². The van der Waals surface area contributed by atoms with Gasteiger partial charge in [0.05, 0.1) is 24.6 Å². The third kappa shape index (κ3) is 5.43. The summed E-state index contributed by atoms with van der Waals surface area (Å²) in [6.07, 6.45) is 0.986. The van der Waals surface area contributed by atoms with Crippen molar-refractivity contribution in [3.63, 3.8) is 0 Å². The van der Waals surface area contributed by atoms with Crippen molar-refractivity contribution < 1.29 is 9.47 Å². The first kappa shape index (κ1) is 24.2. The van der Waals surface area contributed by atoms with Gasteiger partial charge in [0, 0.05) is 74.7 Å². The number of likely N-dealkylation sites (N-methyl/N-ethyl adjacent to an activating group) is 1.